The maximum atomic E-state index is 13.0. The SMILES string of the molecule is COC(=O)C1=C(C(=O)OC)N(c2ccc(OC(F)(F)F)c(Br)c2)C(N)=C(C#N)C1c1ccccc1. The van der Waals surface area contributed by atoms with E-state index in [4.69, 9.17) is 15.2 Å². The highest BCUT2D eigenvalue weighted by molar-refractivity contribution is 9.10. The molecule has 2 aromatic rings. The van der Waals surface area contributed by atoms with Crippen LogP contribution >= 0.6 is 15.9 Å². The molecule has 1 atom stereocenters. The number of nitriles is 1. The first-order valence-corrected chi connectivity index (χ1v) is 10.5. The van der Waals surface area contributed by atoms with Gasteiger partial charge in [0.05, 0.1) is 41.8 Å². The Balaban J connectivity index is 2.33. The van der Waals surface area contributed by atoms with E-state index in [-0.39, 0.29) is 32.8 Å². The standard InChI is InChI=1S/C23H17BrF3N3O5/c1-33-21(31)18-17(12-6-4-3-5-7-12)14(11-28)20(29)30(19(18)22(32)34-2)13-8-9-16(15(24)10-13)35-23(25,26)27/h3-10,17H,29H2,1-2H3. The second-order valence-electron chi connectivity index (χ2n) is 7.00. The van der Waals surface area contributed by atoms with Crippen molar-refractivity contribution in [2.75, 3.05) is 19.1 Å². The van der Waals surface area contributed by atoms with Gasteiger partial charge in [0, 0.05) is 5.69 Å². The Morgan fingerprint density at radius 2 is 1.71 bits per heavy atom. The summed E-state index contributed by atoms with van der Waals surface area (Å²) in [6.07, 6.45) is -4.94. The van der Waals surface area contributed by atoms with Gasteiger partial charge in [-0.25, -0.2) is 9.59 Å². The zero-order valence-electron chi connectivity index (χ0n) is 18.2. The predicted octanol–water partition coefficient (Wildman–Crippen LogP) is 4.25. The molecule has 182 valence electrons. The molecule has 0 bridgehead atoms. The van der Waals surface area contributed by atoms with Crippen LogP contribution in [0.15, 0.2) is 75.7 Å². The molecule has 1 aliphatic rings. The highest BCUT2D eigenvalue weighted by atomic mass is 79.9. The number of carbonyl (C=O) groups is 2. The number of rotatable bonds is 5. The molecule has 1 unspecified atom stereocenters. The second kappa shape index (κ2) is 10.1. The van der Waals surface area contributed by atoms with Gasteiger partial charge in [-0.15, -0.1) is 13.2 Å². The molecule has 1 aliphatic heterocycles. The molecule has 0 saturated heterocycles. The van der Waals surface area contributed by atoms with Crippen LogP contribution in [0.5, 0.6) is 5.75 Å². The Bertz CT molecular complexity index is 1270. The fraction of sp³-hybridized carbons (Fsp3) is 0.174. The molecule has 3 rings (SSSR count). The van der Waals surface area contributed by atoms with Crippen molar-refractivity contribution < 1.29 is 37.0 Å². The van der Waals surface area contributed by atoms with Gasteiger partial charge in [-0.2, -0.15) is 5.26 Å². The van der Waals surface area contributed by atoms with Crippen molar-refractivity contribution in [1.29, 1.82) is 5.26 Å². The summed E-state index contributed by atoms with van der Waals surface area (Å²) in [4.78, 5) is 27.0. The van der Waals surface area contributed by atoms with Crippen LogP contribution in [-0.2, 0) is 19.1 Å². The Hall–Kier alpha value is -3.98. The lowest BCUT2D eigenvalue weighted by molar-refractivity contribution is -0.274. The fourth-order valence-corrected chi connectivity index (χ4v) is 4.07. The highest BCUT2D eigenvalue weighted by Crippen LogP contribution is 2.44. The van der Waals surface area contributed by atoms with Crippen LogP contribution in [0.25, 0.3) is 0 Å². The molecule has 0 fully saturated rings. The maximum Gasteiger partial charge on any atom is 0.573 e. The van der Waals surface area contributed by atoms with Crippen LogP contribution in [0.4, 0.5) is 18.9 Å². The van der Waals surface area contributed by atoms with Gasteiger partial charge in [0.1, 0.15) is 17.3 Å². The number of ether oxygens (including phenoxy) is 3. The summed E-state index contributed by atoms with van der Waals surface area (Å²) in [5.41, 5.74) is 6.17. The van der Waals surface area contributed by atoms with Crippen LogP contribution < -0.4 is 15.4 Å². The van der Waals surface area contributed by atoms with Crippen molar-refractivity contribution in [2.45, 2.75) is 12.3 Å². The van der Waals surface area contributed by atoms with Crippen LogP contribution in [-0.4, -0.2) is 32.5 Å². The quantitative estimate of drug-likeness (QED) is 0.548. The molecule has 8 nitrogen and oxygen atoms in total. The van der Waals surface area contributed by atoms with Gasteiger partial charge in [0.25, 0.3) is 0 Å². The summed E-state index contributed by atoms with van der Waals surface area (Å²) >= 11 is 3.00. The van der Waals surface area contributed by atoms with Crippen molar-refractivity contribution in [3.63, 3.8) is 0 Å². The number of carbonyl (C=O) groups excluding carboxylic acids is 2. The molecule has 0 saturated carbocycles. The van der Waals surface area contributed by atoms with Crippen molar-refractivity contribution in [1.82, 2.24) is 0 Å². The Morgan fingerprint density at radius 1 is 1.09 bits per heavy atom. The van der Waals surface area contributed by atoms with Crippen LogP contribution in [0.1, 0.15) is 11.5 Å². The zero-order valence-corrected chi connectivity index (χ0v) is 19.8. The minimum Gasteiger partial charge on any atom is -0.466 e. The minimum absolute atomic E-state index is 0.0463. The predicted molar refractivity (Wildman–Crippen MR) is 120 cm³/mol. The second-order valence-corrected chi connectivity index (χ2v) is 7.85. The van der Waals surface area contributed by atoms with Gasteiger partial charge < -0.3 is 19.9 Å². The highest BCUT2D eigenvalue weighted by Gasteiger charge is 2.43. The number of hydrogen-bond acceptors (Lipinski definition) is 8. The number of hydrogen-bond donors (Lipinski definition) is 1. The number of alkyl halides is 3. The van der Waals surface area contributed by atoms with Gasteiger partial charge >= 0.3 is 18.3 Å². The molecule has 2 N–H and O–H groups in total. The molecule has 12 heteroatoms. The number of halogens is 4. The largest absolute Gasteiger partial charge is 0.573 e. The molecule has 2 aromatic carbocycles. The van der Waals surface area contributed by atoms with Crippen molar-refractivity contribution in [3.05, 3.63) is 81.2 Å². The number of esters is 2. The van der Waals surface area contributed by atoms with Gasteiger partial charge in [0.15, 0.2) is 0 Å². The van der Waals surface area contributed by atoms with E-state index in [1.807, 2.05) is 6.07 Å². The summed E-state index contributed by atoms with van der Waals surface area (Å²) in [6.45, 7) is 0. The van der Waals surface area contributed by atoms with E-state index in [2.05, 4.69) is 20.7 Å². The molecule has 0 aromatic heterocycles. The van der Waals surface area contributed by atoms with Crippen molar-refractivity contribution in [3.8, 4) is 11.8 Å². The third-order valence-corrected chi connectivity index (χ3v) is 5.63. The van der Waals surface area contributed by atoms with Crippen LogP contribution in [0, 0.1) is 11.3 Å². The Morgan fingerprint density at radius 3 is 2.23 bits per heavy atom. The third kappa shape index (κ3) is 5.09. The number of nitrogens with two attached hydrogens (primary N) is 1. The summed E-state index contributed by atoms with van der Waals surface area (Å²) in [7, 11) is 2.18. The minimum atomic E-state index is -4.94. The van der Waals surface area contributed by atoms with E-state index in [9.17, 15) is 28.0 Å². The Labute approximate surface area is 206 Å². The molecule has 1 heterocycles. The van der Waals surface area contributed by atoms with E-state index in [1.165, 1.54) is 12.1 Å². The van der Waals surface area contributed by atoms with Gasteiger partial charge in [-0.05, 0) is 39.7 Å². The van der Waals surface area contributed by atoms with Gasteiger partial charge in [0.2, 0.25) is 0 Å². The number of allylic oxidation sites excluding steroid dienone is 1. The first kappa shape index (κ1) is 25.6. The summed E-state index contributed by atoms with van der Waals surface area (Å²) < 4.78 is 51.7. The lowest BCUT2D eigenvalue weighted by atomic mass is 9.81. The van der Waals surface area contributed by atoms with E-state index in [1.54, 1.807) is 30.3 Å². The Kier molecular flexibility index (Phi) is 7.40. The van der Waals surface area contributed by atoms with E-state index in [0.29, 0.717) is 5.56 Å². The van der Waals surface area contributed by atoms with E-state index >= 15 is 0 Å². The molecule has 0 spiro atoms. The number of methoxy groups -OCH3 is 2. The summed E-state index contributed by atoms with van der Waals surface area (Å²) in [5.74, 6) is -3.78. The summed E-state index contributed by atoms with van der Waals surface area (Å²) in [5, 5.41) is 9.98. The monoisotopic (exact) mass is 551 g/mol. The molecule has 0 radical (unpaired) electrons. The first-order valence-electron chi connectivity index (χ1n) is 9.75. The lowest BCUT2D eigenvalue weighted by Crippen LogP contribution is -2.40. The molecular weight excluding hydrogens is 535 g/mol. The number of benzene rings is 2. The topological polar surface area (TPSA) is 115 Å². The van der Waals surface area contributed by atoms with Gasteiger partial charge in [-0.3, -0.25) is 4.90 Å². The summed E-state index contributed by atoms with van der Waals surface area (Å²) in [6, 6.07) is 13.7. The maximum absolute atomic E-state index is 13.0. The fourth-order valence-electron chi connectivity index (χ4n) is 3.62. The van der Waals surface area contributed by atoms with E-state index < -0.39 is 30.0 Å². The smallest absolute Gasteiger partial charge is 0.466 e. The van der Waals surface area contributed by atoms with Crippen molar-refractivity contribution >= 4 is 33.6 Å². The normalized spacial score (nSPS) is 16.0. The number of nitrogens with zero attached hydrogens (tertiary/aromatic N) is 2. The average molecular weight is 552 g/mol. The molecule has 0 amide bonds. The molecule has 0 aliphatic carbocycles. The average Bonchev–Trinajstić information content (AvgIpc) is 2.83. The molecule has 35 heavy (non-hydrogen) atoms. The van der Waals surface area contributed by atoms with Crippen LogP contribution in [0.3, 0.4) is 0 Å². The van der Waals surface area contributed by atoms with Crippen molar-refractivity contribution in [2.24, 2.45) is 5.73 Å². The zero-order chi connectivity index (χ0) is 25.9. The first-order chi connectivity index (χ1) is 16.5. The third-order valence-electron chi connectivity index (χ3n) is 5.01. The van der Waals surface area contributed by atoms with Crippen LogP contribution in [0.2, 0.25) is 0 Å². The van der Waals surface area contributed by atoms with E-state index in [0.717, 1.165) is 25.2 Å². The number of anilines is 1. The molecular formula is C23H17BrF3N3O5. The lowest BCUT2D eigenvalue weighted by Gasteiger charge is -2.36. The van der Waals surface area contributed by atoms with Gasteiger partial charge in [-0.1, -0.05) is 30.3 Å².